The third-order valence-electron chi connectivity index (χ3n) is 27.4. The highest BCUT2D eigenvalue weighted by Crippen LogP contribution is 2.59. The standard InChI is InChI=1S/C63H42N2.C36H26.C28H18ClN/c1-3-19-49(20-4-1)63(50-21-5-2-6-22-50)59-25-13-11-23-55(59)56-37-36-54(42-60(56)63)64(52-34-29-43-15-7-9-17-46(43)39-52)51-32-27-45(28-33-51)48-31-38-62-58(41-48)57-24-12-14-26-61(57)65(62)53-35-30-44-16-8-10-18-47(44)40-53;1-3-13-30(14-4-1)36(31-15-5-2-6-16-31)34-18-10-9-17-32(34)33-22-20-27(25-35(33)36)23-26-19-21-28-11-7-8-12-29(28)24-26;29-23-13-9-20(10-14-23)22-12-16-28-26(18-22)25-7-3-4-8-27(25)30(28)24-15-11-19-5-1-2-6-21(19)17-24/h1-42H;1-22,24-25H,23H2;1-18H. The average Bonchev–Trinajstić information content (AvgIpc) is 1.60. The van der Waals surface area contributed by atoms with Crippen LogP contribution >= 0.6 is 11.6 Å². The molecular weight excluding hydrogens is 1600 g/mol. The zero-order valence-corrected chi connectivity index (χ0v) is 72.7. The fourth-order valence-corrected chi connectivity index (χ4v) is 21.6. The number of fused-ring (bicyclic) bond motifs is 16. The molecule has 2 aliphatic rings. The third kappa shape index (κ3) is 13.5. The highest BCUT2D eigenvalue weighted by atomic mass is 35.5. The van der Waals surface area contributed by atoms with Gasteiger partial charge in [-0.2, -0.15) is 0 Å². The van der Waals surface area contributed by atoms with Crippen LogP contribution in [-0.2, 0) is 17.3 Å². The summed E-state index contributed by atoms with van der Waals surface area (Å²) in [6.45, 7) is 0. The van der Waals surface area contributed by atoms with Crippen LogP contribution in [0.2, 0.25) is 5.02 Å². The molecule has 0 amide bonds. The number of aromatic nitrogens is 2. The molecule has 0 N–H and O–H groups in total. The Labute approximate surface area is 767 Å². The van der Waals surface area contributed by atoms with Gasteiger partial charge in [0, 0.05) is 55.0 Å². The van der Waals surface area contributed by atoms with Gasteiger partial charge in [0.2, 0.25) is 0 Å². The molecule has 616 valence electrons. The van der Waals surface area contributed by atoms with Gasteiger partial charge in [0.15, 0.2) is 0 Å². The van der Waals surface area contributed by atoms with E-state index in [1.807, 2.05) is 12.1 Å². The maximum absolute atomic E-state index is 6.08. The van der Waals surface area contributed by atoms with E-state index in [1.54, 1.807) is 0 Å². The number of rotatable bonds is 13. The lowest BCUT2D eigenvalue weighted by atomic mass is 9.67. The largest absolute Gasteiger partial charge is 0.310 e. The van der Waals surface area contributed by atoms with Crippen molar-refractivity contribution in [2.24, 2.45) is 0 Å². The van der Waals surface area contributed by atoms with E-state index >= 15 is 0 Å². The van der Waals surface area contributed by atoms with Crippen LogP contribution < -0.4 is 4.90 Å². The van der Waals surface area contributed by atoms with Crippen LogP contribution in [0.1, 0.15) is 55.6 Å². The molecule has 0 bridgehead atoms. The Bertz CT molecular complexity index is 8420. The molecule has 2 aliphatic carbocycles. The van der Waals surface area contributed by atoms with Crippen molar-refractivity contribution in [1.82, 2.24) is 9.13 Å². The third-order valence-corrected chi connectivity index (χ3v) is 27.7. The molecule has 2 heterocycles. The normalized spacial score (nSPS) is 12.6. The van der Waals surface area contributed by atoms with Crippen molar-refractivity contribution in [3.63, 3.8) is 0 Å². The second-order valence-electron chi connectivity index (χ2n) is 34.7. The summed E-state index contributed by atoms with van der Waals surface area (Å²) in [5.41, 5.74) is 32.7. The Morgan fingerprint density at radius 1 is 0.198 bits per heavy atom. The molecule has 26 rings (SSSR count). The van der Waals surface area contributed by atoms with Gasteiger partial charge in [0.05, 0.1) is 32.9 Å². The van der Waals surface area contributed by atoms with Crippen LogP contribution in [-0.4, -0.2) is 9.13 Å². The van der Waals surface area contributed by atoms with E-state index in [4.69, 9.17) is 11.6 Å². The second-order valence-corrected chi connectivity index (χ2v) is 35.1. The number of halogens is 1. The highest BCUT2D eigenvalue weighted by Gasteiger charge is 2.48. The molecule has 3 nitrogen and oxygen atoms in total. The molecule has 0 atom stereocenters. The second kappa shape index (κ2) is 32.8. The Balaban J connectivity index is 0.000000120. The zero-order valence-electron chi connectivity index (χ0n) is 71.9. The van der Waals surface area contributed by atoms with Gasteiger partial charge in [-0.25, -0.2) is 0 Å². The lowest BCUT2D eigenvalue weighted by Crippen LogP contribution is -2.28. The van der Waals surface area contributed by atoms with Gasteiger partial charge in [0.25, 0.3) is 0 Å². The summed E-state index contributed by atoms with van der Waals surface area (Å²) in [6.07, 6.45) is 0.911. The number of para-hydroxylation sites is 2. The van der Waals surface area contributed by atoms with Gasteiger partial charge in [-0.05, 0) is 259 Å². The number of nitrogens with zero attached hydrogens (tertiary/aromatic N) is 3. The molecule has 0 radical (unpaired) electrons. The topological polar surface area (TPSA) is 13.1 Å². The van der Waals surface area contributed by atoms with Crippen molar-refractivity contribution < 1.29 is 0 Å². The van der Waals surface area contributed by atoms with Crippen LogP contribution in [0.3, 0.4) is 0 Å². The summed E-state index contributed by atoms with van der Waals surface area (Å²) in [5, 5.41) is 15.8. The SMILES string of the molecule is Clc1ccc(-c2ccc3c(c2)c2ccccc2n3-c2ccc3ccccc3c2)cc1.c1ccc(C2(c3ccccc3)c3ccccc3-c3ccc(Cc4ccc5ccccc5c4)cc32)cc1.c1ccc(C2(c3ccccc3)c3ccccc3-c3ccc(N(c4ccc(-c5ccc6c(c5)c5ccccc5n6-c5ccc6ccccc6c5)cc4)c4ccc5ccccc5c4)cc32)cc1. The maximum atomic E-state index is 6.08. The van der Waals surface area contributed by atoms with E-state index in [1.165, 1.54) is 198 Å². The minimum Gasteiger partial charge on any atom is -0.310 e. The van der Waals surface area contributed by atoms with Crippen molar-refractivity contribution in [2.75, 3.05) is 4.90 Å². The molecule has 0 saturated heterocycles. The smallest absolute Gasteiger partial charge is 0.0714 e. The number of hydrogen-bond donors (Lipinski definition) is 0. The lowest BCUT2D eigenvalue weighted by molar-refractivity contribution is 0.767. The number of hydrogen-bond acceptors (Lipinski definition) is 1. The van der Waals surface area contributed by atoms with E-state index in [0.29, 0.717) is 0 Å². The Kier molecular flexibility index (Phi) is 19.5. The Hall–Kier alpha value is -16.4. The summed E-state index contributed by atoms with van der Waals surface area (Å²) >= 11 is 6.08. The number of anilines is 3. The van der Waals surface area contributed by atoms with Gasteiger partial charge in [-0.1, -0.05) is 412 Å². The van der Waals surface area contributed by atoms with E-state index in [2.05, 4.69) is 511 Å². The highest BCUT2D eigenvalue weighted by molar-refractivity contribution is 6.30. The summed E-state index contributed by atoms with van der Waals surface area (Å²) in [6, 6.07) is 186. The van der Waals surface area contributed by atoms with Gasteiger partial charge in [0.1, 0.15) is 0 Å². The van der Waals surface area contributed by atoms with Crippen LogP contribution in [0.25, 0.3) is 143 Å². The fourth-order valence-electron chi connectivity index (χ4n) is 21.5. The molecule has 0 fully saturated rings. The molecule has 4 heteroatoms. The lowest BCUT2D eigenvalue weighted by Gasteiger charge is -2.35. The van der Waals surface area contributed by atoms with Crippen LogP contribution in [0.4, 0.5) is 17.1 Å². The van der Waals surface area contributed by atoms with Crippen molar-refractivity contribution in [3.8, 4) is 55.9 Å². The van der Waals surface area contributed by atoms with Crippen LogP contribution in [0.15, 0.2) is 510 Å². The molecule has 0 aliphatic heterocycles. The van der Waals surface area contributed by atoms with Crippen LogP contribution in [0.5, 0.6) is 0 Å². The van der Waals surface area contributed by atoms with Crippen molar-refractivity contribution in [2.45, 2.75) is 17.3 Å². The minimum atomic E-state index is -0.501. The maximum Gasteiger partial charge on any atom is 0.0714 e. The van der Waals surface area contributed by atoms with Gasteiger partial charge >= 0.3 is 0 Å². The first-order valence-corrected chi connectivity index (χ1v) is 45.6. The van der Waals surface area contributed by atoms with E-state index in [-0.39, 0.29) is 5.41 Å². The average molecular weight is 1690 g/mol. The molecule has 0 unspecified atom stereocenters. The molecular formula is C127H86ClN3. The zero-order chi connectivity index (χ0) is 86.9. The monoisotopic (exact) mass is 1690 g/mol. The Morgan fingerprint density at radius 2 is 0.519 bits per heavy atom. The quantitative estimate of drug-likeness (QED) is 0.112. The molecule has 131 heavy (non-hydrogen) atoms. The molecule has 0 saturated carbocycles. The van der Waals surface area contributed by atoms with Crippen LogP contribution in [0, 0.1) is 0 Å². The first kappa shape index (κ1) is 78.1. The van der Waals surface area contributed by atoms with E-state index < -0.39 is 5.41 Å². The van der Waals surface area contributed by atoms with E-state index in [9.17, 15) is 0 Å². The van der Waals surface area contributed by atoms with Crippen molar-refractivity contribution in [1.29, 1.82) is 0 Å². The predicted octanol–water partition coefficient (Wildman–Crippen LogP) is 33.6. The molecule has 22 aromatic carbocycles. The first-order valence-electron chi connectivity index (χ1n) is 45.2. The van der Waals surface area contributed by atoms with Crippen molar-refractivity contribution >= 4 is 115 Å². The summed E-state index contributed by atoms with van der Waals surface area (Å²) in [4.78, 5) is 2.43. The molecule has 24 aromatic rings. The minimum absolute atomic E-state index is 0.339. The number of benzene rings is 22. The van der Waals surface area contributed by atoms with Gasteiger partial charge < -0.3 is 14.0 Å². The molecule has 2 aromatic heterocycles. The fraction of sp³-hybridized carbons (Fsp3) is 0.0236. The Morgan fingerprint density at radius 3 is 1.00 bits per heavy atom. The predicted molar refractivity (Wildman–Crippen MR) is 552 cm³/mol. The van der Waals surface area contributed by atoms with E-state index in [0.717, 1.165) is 28.5 Å². The van der Waals surface area contributed by atoms with Gasteiger partial charge in [-0.3, -0.25) is 0 Å². The molecule has 0 spiro atoms. The summed E-state index contributed by atoms with van der Waals surface area (Å²) in [7, 11) is 0. The first-order chi connectivity index (χ1) is 64.8. The van der Waals surface area contributed by atoms with Crippen molar-refractivity contribution in [3.05, 3.63) is 570 Å². The van der Waals surface area contributed by atoms with Gasteiger partial charge in [-0.15, -0.1) is 0 Å². The summed E-state index contributed by atoms with van der Waals surface area (Å²) in [5.74, 6) is 0. The summed E-state index contributed by atoms with van der Waals surface area (Å²) < 4.78 is 4.77.